The lowest BCUT2D eigenvalue weighted by Crippen LogP contribution is -2.58. The van der Waals surface area contributed by atoms with Gasteiger partial charge < -0.3 is 14.5 Å². The quantitative estimate of drug-likeness (QED) is 0.726. The molecule has 0 radical (unpaired) electrons. The molecule has 0 N–H and O–H groups in total. The molecule has 4 heterocycles. The van der Waals surface area contributed by atoms with Gasteiger partial charge in [0.25, 0.3) is 0 Å². The van der Waals surface area contributed by atoms with E-state index in [4.69, 9.17) is 4.74 Å². The lowest BCUT2D eigenvalue weighted by atomic mass is 9.78. The van der Waals surface area contributed by atoms with Crippen molar-refractivity contribution in [2.75, 3.05) is 50.8 Å². The largest absolute Gasteiger partial charge is 0.450 e. The number of carbonyl (C=O) groups is 1. The second-order valence-electron chi connectivity index (χ2n) is 9.43. The van der Waals surface area contributed by atoms with Crippen molar-refractivity contribution < 1.29 is 13.9 Å². The first kappa shape index (κ1) is 21.2. The minimum atomic E-state index is -0.330. The molecule has 1 saturated carbocycles. The number of piperazine rings is 1. The summed E-state index contributed by atoms with van der Waals surface area (Å²) < 4.78 is 20.9. The number of ether oxygens (including phenoxy) is 1. The van der Waals surface area contributed by atoms with E-state index in [1.54, 1.807) is 16.9 Å². The van der Waals surface area contributed by atoms with Gasteiger partial charge in [-0.05, 0) is 38.7 Å². The van der Waals surface area contributed by atoms with Gasteiger partial charge in [-0.1, -0.05) is 0 Å². The SMILES string of the molecule is CCOC(=O)N1CC2(CC[C@@H](N3CCN(c4cc(F)cnc4-n4cc(C)cn4)CC3)C2)C1. The molecule has 1 spiro atoms. The van der Waals surface area contributed by atoms with Crippen molar-refractivity contribution in [2.24, 2.45) is 5.41 Å². The second kappa shape index (κ2) is 8.35. The minimum absolute atomic E-state index is 0.179. The Bertz CT molecular complexity index is 981. The number of hydrogen-bond donors (Lipinski definition) is 0. The maximum Gasteiger partial charge on any atom is 0.409 e. The summed E-state index contributed by atoms with van der Waals surface area (Å²) in [5.74, 6) is 0.338. The van der Waals surface area contributed by atoms with Gasteiger partial charge in [0.15, 0.2) is 5.82 Å². The van der Waals surface area contributed by atoms with Crippen molar-refractivity contribution in [2.45, 2.75) is 39.2 Å². The zero-order valence-electron chi connectivity index (χ0n) is 18.8. The minimum Gasteiger partial charge on any atom is -0.450 e. The van der Waals surface area contributed by atoms with Gasteiger partial charge >= 0.3 is 6.09 Å². The molecule has 172 valence electrons. The van der Waals surface area contributed by atoms with E-state index < -0.39 is 0 Å². The van der Waals surface area contributed by atoms with E-state index in [1.165, 1.54) is 19.0 Å². The van der Waals surface area contributed by atoms with Gasteiger partial charge in [-0.25, -0.2) is 18.9 Å². The fourth-order valence-corrected chi connectivity index (χ4v) is 5.57. The van der Waals surface area contributed by atoms with Gasteiger partial charge in [0.2, 0.25) is 0 Å². The molecule has 3 fully saturated rings. The van der Waals surface area contributed by atoms with Crippen LogP contribution in [-0.2, 0) is 4.74 Å². The van der Waals surface area contributed by atoms with E-state index in [9.17, 15) is 9.18 Å². The number of pyridine rings is 1. The summed E-state index contributed by atoms with van der Waals surface area (Å²) >= 11 is 0. The number of carbonyl (C=O) groups excluding carboxylic acids is 1. The Hall–Kier alpha value is -2.68. The molecule has 8 nitrogen and oxygen atoms in total. The fourth-order valence-electron chi connectivity index (χ4n) is 5.57. The molecule has 0 aromatic carbocycles. The number of rotatable bonds is 4. The smallest absolute Gasteiger partial charge is 0.409 e. The highest BCUT2D eigenvalue weighted by Crippen LogP contribution is 2.47. The lowest BCUT2D eigenvalue weighted by molar-refractivity contribution is -0.00294. The van der Waals surface area contributed by atoms with Crippen LogP contribution in [0.1, 0.15) is 31.7 Å². The summed E-state index contributed by atoms with van der Waals surface area (Å²) in [6.07, 6.45) is 8.26. The van der Waals surface area contributed by atoms with Crippen molar-refractivity contribution in [3.63, 3.8) is 0 Å². The predicted molar refractivity (Wildman–Crippen MR) is 119 cm³/mol. The molecule has 3 aliphatic rings. The van der Waals surface area contributed by atoms with Crippen LogP contribution in [-0.4, -0.2) is 82.6 Å². The molecule has 9 heteroatoms. The zero-order chi connectivity index (χ0) is 22.3. The van der Waals surface area contributed by atoms with Crippen LogP contribution < -0.4 is 4.90 Å². The molecule has 2 aromatic rings. The van der Waals surface area contributed by atoms with Gasteiger partial charge in [-0.2, -0.15) is 5.10 Å². The average molecular weight is 443 g/mol. The van der Waals surface area contributed by atoms with Crippen LogP contribution in [0.2, 0.25) is 0 Å². The topological polar surface area (TPSA) is 66.7 Å². The number of aromatic nitrogens is 3. The molecule has 2 aliphatic heterocycles. The zero-order valence-corrected chi connectivity index (χ0v) is 18.8. The highest BCUT2D eigenvalue weighted by atomic mass is 19.1. The van der Waals surface area contributed by atoms with Crippen LogP contribution in [0.4, 0.5) is 14.9 Å². The molecule has 0 bridgehead atoms. The molecule has 2 aromatic heterocycles. The Kier molecular flexibility index (Phi) is 5.53. The molecular weight excluding hydrogens is 411 g/mol. The first-order valence-corrected chi connectivity index (χ1v) is 11.5. The first-order chi connectivity index (χ1) is 15.5. The maximum absolute atomic E-state index is 14.0. The van der Waals surface area contributed by atoms with E-state index in [1.807, 2.05) is 24.9 Å². The van der Waals surface area contributed by atoms with Gasteiger partial charge in [0, 0.05) is 63.0 Å². The summed E-state index contributed by atoms with van der Waals surface area (Å²) in [6, 6.07) is 2.12. The Labute approximate surface area is 187 Å². The van der Waals surface area contributed by atoms with E-state index in [0.29, 0.717) is 18.5 Å². The third-order valence-corrected chi connectivity index (χ3v) is 7.17. The highest BCUT2D eigenvalue weighted by Gasteiger charge is 2.51. The number of likely N-dealkylation sites (tertiary alicyclic amines) is 1. The van der Waals surface area contributed by atoms with Crippen molar-refractivity contribution in [1.82, 2.24) is 24.6 Å². The number of hydrogen-bond acceptors (Lipinski definition) is 6. The van der Waals surface area contributed by atoms with Gasteiger partial charge in [-0.15, -0.1) is 0 Å². The van der Waals surface area contributed by atoms with Crippen molar-refractivity contribution in [3.8, 4) is 5.82 Å². The average Bonchev–Trinajstić information content (AvgIpc) is 3.40. The molecule has 1 aliphatic carbocycles. The standard InChI is InChI=1S/C23H31FN6O2/c1-3-32-22(31)29-15-23(16-29)5-4-19(11-23)27-6-8-28(9-7-27)20-10-18(24)13-25-21(20)30-14-17(2)12-26-30/h10,12-14,19H,3-9,11,15-16H2,1-2H3/t19-/m1/s1. The van der Waals surface area contributed by atoms with E-state index in [-0.39, 0.29) is 17.3 Å². The van der Waals surface area contributed by atoms with Crippen molar-refractivity contribution in [3.05, 3.63) is 36.0 Å². The number of anilines is 1. The van der Waals surface area contributed by atoms with Gasteiger partial charge in [0.1, 0.15) is 5.82 Å². The van der Waals surface area contributed by atoms with E-state index >= 15 is 0 Å². The van der Waals surface area contributed by atoms with Crippen LogP contribution in [0.3, 0.4) is 0 Å². The fraction of sp³-hybridized carbons (Fsp3) is 0.609. The van der Waals surface area contributed by atoms with Gasteiger partial charge in [-0.3, -0.25) is 4.90 Å². The molecule has 1 atom stereocenters. The maximum atomic E-state index is 14.0. The highest BCUT2D eigenvalue weighted by molar-refractivity contribution is 5.69. The molecule has 0 unspecified atom stereocenters. The molecular formula is C23H31FN6O2. The Morgan fingerprint density at radius 3 is 2.72 bits per heavy atom. The van der Waals surface area contributed by atoms with Crippen molar-refractivity contribution in [1.29, 1.82) is 0 Å². The lowest BCUT2D eigenvalue weighted by Gasteiger charge is -2.48. The molecule has 32 heavy (non-hydrogen) atoms. The van der Waals surface area contributed by atoms with Crippen LogP contribution in [0, 0.1) is 18.2 Å². The summed E-state index contributed by atoms with van der Waals surface area (Å²) in [4.78, 5) is 22.9. The molecule has 2 saturated heterocycles. The number of nitrogens with zero attached hydrogens (tertiary/aromatic N) is 6. The van der Waals surface area contributed by atoms with E-state index in [0.717, 1.165) is 56.9 Å². The monoisotopic (exact) mass is 442 g/mol. The third kappa shape index (κ3) is 3.94. The van der Waals surface area contributed by atoms with Crippen LogP contribution in [0.5, 0.6) is 0 Å². The summed E-state index contributed by atoms with van der Waals surface area (Å²) in [5, 5.41) is 4.37. The normalized spacial score (nSPS) is 22.9. The Balaban J connectivity index is 1.20. The van der Waals surface area contributed by atoms with Crippen LogP contribution in [0.15, 0.2) is 24.7 Å². The van der Waals surface area contributed by atoms with Crippen molar-refractivity contribution >= 4 is 11.8 Å². The summed E-state index contributed by atoms with van der Waals surface area (Å²) in [5.41, 5.74) is 2.10. The summed E-state index contributed by atoms with van der Waals surface area (Å²) in [6.45, 7) is 9.44. The number of amides is 1. The Morgan fingerprint density at radius 1 is 1.25 bits per heavy atom. The predicted octanol–water partition coefficient (Wildman–Crippen LogP) is 2.85. The van der Waals surface area contributed by atoms with Gasteiger partial charge in [0.05, 0.1) is 24.7 Å². The number of halogens is 1. The van der Waals surface area contributed by atoms with E-state index in [2.05, 4.69) is 19.9 Å². The Morgan fingerprint density at radius 2 is 2.03 bits per heavy atom. The first-order valence-electron chi connectivity index (χ1n) is 11.5. The summed E-state index contributed by atoms with van der Waals surface area (Å²) in [7, 11) is 0. The number of aryl methyl sites for hydroxylation is 1. The second-order valence-corrected chi connectivity index (χ2v) is 9.43. The third-order valence-electron chi connectivity index (χ3n) is 7.17. The van der Waals surface area contributed by atoms with Crippen LogP contribution in [0.25, 0.3) is 5.82 Å². The molecule has 5 rings (SSSR count). The van der Waals surface area contributed by atoms with Crippen LogP contribution >= 0.6 is 0 Å². The molecule has 1 amide bonds.